The van der Waals surface area contributed by atoms with Crippen LogP contribution in [0.25, 0.3) is 0 Å². The second kappa shape index (κ2) is 9.61. The highest BCUT2D eigenvalue weighted by molar-refractivity contribution is 6.03. The number of rotatable bonds is 7. The Kier molecular flexibility index (Phi) is 7.21. The number of anilines is 1. The van der Waals surface area contributed by atoms with Gasteiger partial charge in [-0.05, 0) is 38.0 Å². The molecule has 2 rings (SSSR count). The molecule has 2 aromatic carbocycles. The van der Waals surface area contributed by atoms with E-state index in [-0.39, 0.29) is 23.9 Å². The van der Waals surface area contributed by atoms with E-state index in [9.17, 15) is 9.59 Å². The first-order valence-electron chi connectivity index (χ1n) is 9.01. The third-order valence-electron chi connectivity index (χ3n) is 4.11. The quantitative estimate of drug-likeness (QED) is 0.700. The molecule has 0 spiro atoms. The van der Waals surface area contributed by atoms with E-state index in [1.165, 1.54) is 5.56 Å². The summed E-state index contributed by atoms with van der Waals surface area (Å²) < 4.78 is 0. The fourth-order valence-corrected chi connectivity index (χ4v) is 2.74. The highest BCUT2D eigenvalue weighted by atomic mass is 16.2. The molecular weight excluding hydrogens is 326 g/mol. The van der Waals surface area contributed by atoms with Crippen molar-refractivity contribution in [1.29, 1.82) is 0 Å². The van der Waals surface area contributed by atoms with Crippen molar-refractivity contribution in [2.24, 2.45) is 0 Å². The first-order chi connectivity index (χ1) is 12.5. The van der Waals surface area contributed by atoms with Gasteiger partial charge in [0.2, 0.25) is 0 Å². The summed E-state index contributed by atoms with van der Waals surface area (Å²) in [5, 5.41) is 8.49. The summed E-state index contributed by atoms with van der Waals surface area (Å²) in [5.41, 5.74) is 2.16. The molecule has 0 bridgehead atoms. The van der Waals surface area contributed by atoms with E-state index in [0.717, 1.165) is 6.42 Å². The maximum atomic E-state index is 12.6. The largest absolute Gasteiger partial charge is 0.351 e. The lowest BCUT2D eigenvalue weighted by Gasteiger charge is -2.17. The number of nitrogens with one attached hydrogen (secondary N) is 3. The van der Waals surface area contributed by atoms with Gasteiger partial charge in [0.25, 0.3) is 5.91 Å². The van der Waals surface area contributed by atoms with Crippen LogP contribution in [-0.4, -0.2) is 24.5 Å². The van der Waals surface area contributed by atoms with Crippen molar-refractivity contribution in [3.8, 4) is 0 Å². The van der Waals surface area contributed by atoms with E-state index in [1.54, 1.807) is 24.3 Å². The molecule has 0 aliphatic rings. The van der Waals surface area contributed by atoms with Crippen LogP contribution in [0.15, 0.2) is 54.6 Å². The first kappa shape index (κ1) is 19.5. The summed E-state index contributed by atoms with van der Waals surface area (Å²) in [7, 11) is 0. The normalized spacial score (nSPS) is 11.7. The molecule has 26 heavy (non-hydrogen) atoms. The lowest BCUT2D eigenvalue weighted by Crippen LogP contribution is -2.35. The molecule has 0 aliphatic heterocycles. The van der Waals surface area contributed by atoms with E-state index >= 15 is 0 Å². The molecule has 1 atom stereocenters. The monoisotopic (exact) mass is 353 g/mol. The summed E-state index contributed by atoms with van der Waals surface area (Å²) in [6, 6.07) is 16.9. The zero-order valence-electron chi connectivity index (χ0n) is 15.6. The Balaban J connectivity index is 2.04. The minimum atomic E-state index is -0.323. The maximum Gasteiger partial charge on any atom is 0.319 e. The van der Waals surface area contributed by atoms with Gasteiger partial charge in [0.1, 0.15) is 0 Å². The predicted octanol–water partition coefficient (Wildman–Crippen LogP) is 4.14. The van der Waals surface area contributed by atoms with Crippen LogP contribution in [0.3, 0.4) is 0 Å². The van der Waals surface area contributed by atoms with Crippen LogP contribution < -0.4 is 16.0 Å². The topological polar surface area (TPSA) is 70.2 Å². The van der Waals surface area contributed by atoms with Gasteiger partial charge >= 0.3 is 6.03 Å². The summed E-state index contributed by atoms with van der Waals surface area (Å²) in [4.78, 5) is 24.6. The third kappa shape index (κ3) is 5.62. The molecule has 1 unspecified atom stereocenters. The number of hydrogen-bond donors (Lipinski definition) is 3. The van der Waals surface area contributed by atoms with Crippen molar-refractivity contribution in [2.75, 3.05) is 11.9 Å². The predicted molar refractivity (Wildman–Crippen MR) is 106 cm³/mol. The highest BCUT2D eigenvalue weighted by Gasteiger charge is 2.15. The number of urea groups is 1. The lowest BCUT2D eigenvalue weighted by atomic mass is 9.96. The zero-order chi connectivity index (χ0) is 18.9. The molecule has 0 heterocycles. The molecule has 5 heteroatoms. The summed E-state index contributed by atoms with van der Waals surface area (Å²) in [6.07, 6.45) is 0.932. The molecule has 0 fully saturated rings. The molecular formula is C21H27N3O2. The Bertz CT molecular complexity index is 729. The van der Waals surface area contributed by atoms with Gasteiger partial charge in [-0.25, -0.2) is 4.79 Å². The van der Waals surface area contributed by atoms with Gasteiger partial charge in [0.15, 0.2) is 0 Å². The van der Waals surface area contributed by atoms with Crippen LogP contribution >= 0.6 is 0 Å². The Morgan fingerprint density at radius 2 is 1.62 bits per heavy atom. The van der Waals surface area contributed by atoms with Gasteiger partial charge in [0.05, 0.1) is 11.3 Å². The second-order valence-corrected chi connectivity index (χ2v) is 6.52. The van der Waals surface area contributed by atoms with Crippen molar-refractivity contribution >= 4 is 17.6 Å². The molecule has 5 nitrogen and oxygen atoms in total. The Hall–Kier alpha value is -2.82. The van der Waals surface area contributed by atoms with Crippen LogP contribution in [0, 0.1) is 0 Å². The lowest BCUT2D eigenvalue weighted by molar-refractivity contribution is 0.0952. The standard InChI is InChI=1S/C21H27N3O2/c1-4-16(17-10-6-5-7-11-17)14-22-20(25)18-12-8-9-13-19(18)24-21(26)23-15(2)3/h5-13,15-16H,4,14H2,1-3H3,(H,22,25)(H2,23,24,26). The molecule has 138 valence electrons. The van der Waals surface area contributed by atoms with E-state index in [0.29, 0.717) is 17.8 Å². The third-order valence-corrected chi connectivity index (χ3v) is 4.11. The Morgan fingerprint density at radius 3 is 2.27 bits per heavy atom. The minimum Gasteiger partial charge on any atom is -0.351 e. The van der Waals surface area contributed by atoms with E-state index in [2.05, 4.69) is 35.0 Å². The van der Waals surface area contributed by atoms with Gasteiger partial charge in [-0.1, -0.05) is 49.4 Å². The number of carbonyl (C=O) groups is 2. The number of benzene rings is 2. The van der Waals surface area contributed by atoms with E-state index < -0.39 is 0 Å². The molecule has 3 N–H and O–H groups in total. The number of hydrogen-bond acceptors (Lipinski definition) is 2. The average Bonchev–Trinajstić information content (AvgIpc) is 2.62. The van der Waals surface area contributed by atoms with Crippen LogP contribution in [0.1, 0.15) is 49.0 Å². The van der Waals surface area contributed by atoms with Crippen molar-refractivity contribution in [3.63, 3.8) is 0 Å². The molecule has 0 aromatic heterocycles. The van der Waals surface area contributed by atoms with Gasteiger partial charge in [-0.2, -0.15) is 0 Å². The summed E-state index contributed by atoms with van der Waals surface area (Å²) in [6.45, 7) is 6.42. The smallest absolute Gasteiger partial charge is 0.319 e. The molecule has 0 saturated carbocycles. The van der Waals surface area contributed by atoms with Crippen molar-refractivity contribution in [1.82, 2.24) is 10.6 Å². The molecule has 2 aromatic rings. The van der Waals surface area contributed by atoms with Crippen LogP contribution in [-0.2, 0) is 0 Å². The Morgan fingerprint density at radius 1 is 0.962 bits per heavy atom. The summed E-state index contributed by atoms with van der Waals surface area (Å²) in [5.74, 6) is 0.0596. The average molecular weight is 353 g/mol. The molecule has 0 radical (unpaired) electrons. The van der Waals surface area contributed by atoms with E-state index in [4.69, 9.17) is 0 Å². The minimum absolute atomic E-state index is 0.0205. The van der Waals surface area contributed by atoms with Crippen LogP contribution in [0.4, 0.5) is 10.5 Å². The fourth-order valence-electron chi connectivity index (χ4n) is 2.74. The molecule has 0 saturated heterocycles. The highest BCUT2D eigenvalue weighted by Crippen LogP contribution is 2.19. The number of amides is 3. The summed E-state index contributed by atoms with van der Waals surface area (Å²) >= 11 is 0. The van der Waals surface area contributed by atoms with Crippen molar-refractivity contribution in [3.05, 3.63) is 65.7 Å². The van der Waals surface area contributed by atoms with Gasteiger partial charge in [-0.3, -0.25) is 4.79 Å². The second-order valence-electron chi connectivity index (χ2n) is 6.52. The zero-order valence-corrected chi connectivity index (χ0v) is 15.6. The van der Waals surface area contributed by atoms with Gasteiger partial charge < -0.3 is 16.0 Å². The van der Waals surface area contributed by atoms with Crippen molar-refractivity contribution < 1.29 is 9.59 Å². The fraction of sp³-hybridized carbons (Fsp3) is 0.333. The van der Waals surface area contributed by atoms with Crippen LogP contribution in [0.2, 0.25) is 0 Å². The van der Waals surface area contributed by atoms with E-state index in [1.807, 2.05) is 32.0 Å². The SMILES string of the molecule is CCC(CNC(=O)c1ccccc1NC(=O)NC(C)C)c1ccccc1. The maximum absolute atomic E-state index is 12.6. The van der Waals surface area contributed by atoms with Crippen molar-refractivity contribution in [2.45, 2.75) is 39.2 Å². The van der Waals surface area contributed by atoms with Gasteiger partial charge in [0, 0.05) is 18.5 Å². The van der Waals surface area contributed by atoms with Gasteiger partial charge in [-0.15, -0.1) is 0 Å². The molecule has 3 amide bonds. The van der Waals surface area contributed by atoms with Crippen LogP contribution in [0.5, 0.6) is 0 Å². The number of para-hydroxylation sites is 1. The Labute approximate surface area is 155 Å². The molecule has 0 aliphatic carbocycles. The first-order valence-corrected chi connectivity index (χ1v) is 9.01. The number of carbonyl (C=O) groups excluding carboxylic acids is 2.